The summed E-state index contributed by atoms with van der Waals surface area (Å²) in [7, 11) is 0. The van der Waals surface area contributed by atoms with Crippen LogP contribution in [0.1, 0.15) is 25.0 Å². The molecule has 2 aromatic carbocycles. The summed E-state index contributed by atoms with van der Waals surface area (Å²) in [4.78, 5) is 30.8. The van der Waals surface area contributed by atoms with Gasteiger partial charge >= 0.3 is 0 Å². The molecule has 0 spiro atoms. The van der Waals surface area contributed by atoms with Crippen LogP contribution in [0.15, 0.2) is 70.7 Å². The number of hydrogen-bond donors (Lipinski definition) is 1. The van der Waals surface area contributed by atoms with E-state index in [1.165, 1.54) is 17.4 Å². The van der Waals surface area contributed by atoms with Crippen molar-refractivity contribution < 1.29 is 4.79 Å². The van der Waals surface area contributed by atoms with Crippen molar-refractivity contribution in [3.05, 3.63) is 87.6 Å². The number of benzene rings is 2. The fraction of sp³-hybridized carbons (Fsp3) is 0.280. The maximum Gasteiger partial charge on any atom is 0.264 e. The zero-order chi connectivity index (χ0) is 24.1. The number of aromatic nitrogens is 4. The smallest absolute Gasteiger partial charge is 0.264 e. The van der Waals surface area contributed by atoms with Crippen molar-refractivity contribution in [2.45, 2.75) is 43.5 Å². The Balaban J connectivity index is 1.33. The molecule has 0 saturated carbocycles. The Kier molecular flexibility index (Phi) is 7.70. The summed E-state index contributed by atoms with van der Waals surface area (Å²) in [6.45, 7) is 5.53. The van der Waals surface area contributed by atoms with Crippen LogP contribution in [0.5, 0.6) is 0 Å². The Morgan fingerprint density at radius 1 is 1.09 bits per heavy atom. The molecule has 0 unspecified atom stereocenters. The maximum absolute atomic E-state index is 12.9. The molecule has 4 aromatic rings. The van der Waals surface area contributed by atoms with Crippen molar-refractivity contribution in [3.8, 4) is 0 Å². The molecule has 0 bridgehead atoms. The monoisotopic (exact) mass is 495 g/mol. The maximum atomic E-state index is 12.9. The summed E-state index contributed by atoms with van der Waals surface area (Å²) in [5, 5.41) is 8.83. The van der Waals surface area contributed by atoms with Crippen molar-refractivity contribution in [1.29, 1.82) is 0 Å². The third kappa shape index (κ3) is 6.07. The highest BCUT2D eigenvalue weighted by Gasteiger charge is 2.11. The van der Waals surface area contributed by atoms with Gasteiger partial charge < -0.3 is 5.32 Å². The second kappa shape index (κ2) is 10.9. The fourth-order valence-corrected chi connectivity index (χ4v) is 4.53. The average molecular weight is 496 g/mol. The van der Waals surface area contributed by atoms with Gasteiger partial charge in [-0.3, -0.25) is 14.2 Å². The van der Waals surface area contributed by atoms with Crippen molar-refractivity contribution in [2.24, 2.45) is 0 Å². The second-order valence-corrected chi connectivity index (χ2v) is 10.3. The Morgan fingerprint density at radius 3 is 2.50 bits per heavy atom. The summed E-state index contributed by atoms with van der Waals surface area (Å²) >= 11 is 7.73. The van der Waals surface area contributed by atoms with Crippen LogP contribution in [-0.4, -0.2) is 37.0 Å². The molecule has 0 aliphatic carbocycles. The van der Waals surface area contributed by atoms with Gasteiger partial charge in [0.05, 0.1) is 25.7 Å². The Bertz CT molecular complexity index is 1330. The SMILES string of the molecule is CC(C)Sc1ccc(CC(=O)NCCn2ncc3c(=O)n(Cc4ccc(Cl)cc4)cnc32)cc1. The summed E-state index contributed by atoms with van der Waals surface area (Å²) in [6.07, 6.45) is 3.37. The predicted octanol–water partition coefficient (Wildman–Crippen LogP) is 4.15. The van der Waals surface area contributed by atoms with E-state index in [4.69, 9.17) is 11.6 Å². The fourth-order valence-electron chi connectivity index (χ4n) is 3.57. The number of nitrogens with zero attached hydrogens (tertiary/aromatic N) is 4. The Morgan fingerprint density at radius 2 is 1.79 bits per heavy atom. The van der Waals surface area contributed by atoms with Gasteiger partial charge in [-0.1, -0.05) is 49.7 Å². The number of fused-ring (bicyclic) bond motifs is 1. The van der Waals surface area contributed by atoms with Crippen LogP contribution in [0.25, 0.3) is 11.0 Å². The van der Waals surface area contributed by atoms with Gasteiger partial charge in [0.1, 0.15) is 11.7 Å². The highest BCUT2D eigenvalue weighted by Crippen LogP contribution is 2.23. The number of carbonyl (C=O) groups is 1. The number of hydrogen-bond acceptors (Lipinski definition) is 5. The quantitative estimate of drug-likeness (QED) is 0.353. The normalized spacial score (nSPS) is 11.3. The molecule has 2 aromatic heterocycles. The first-order chi connectivity index (χ1) is 16.4. The number of rotatable bonds is 9. The average Bonchev–Trinajstić information content (AvgIpc) is 3.22. The molecule has 0 radical (unpaired) electrons. The van der Waals surface area contributed by atoms with Crippen molar-refractivity contribution in [2.75, 3.05) is 6.54 Å². The molecular formula is C25H26ClN5O2S. The number of halogens is 1. The summed E-state index contributed by atoms with van der Waals surface area (Å²) in [6, 6.07) is 15.4. The van der Waals surface area contributed by atoms with Gasteiger partial charge in [0.25, 0.3) is 5.56 Å². The van der Waals surface area contributed by atoms with Crippen LogP contribution >= 0.6 is 23.4 Å². The summed E-state index contributed by atoms with van der Waals surface area (Å²) < 4.78 is 3.19. The van der Waals surface area contributed by atoms with E-state index in [0.717, 1.165) is 11.1 Å². The van der Waals surface area contributed by atoms with E-state index < -0.39 is 0 Å². The molecule has 176 valence electrons. The number of nitrogens with one attached hydrogen (secondary N) is 1. The minimum atomic E-state index is -0.158. The molecule has 1 amide bonds. The van der Waals surface area contributed by atoms with Gasteiger partial charge in [-0.25, -0.2) is 9.67 Å². The number of amides is 1. The van der Waals surface area contributed by atoms with Crippen LogP contribution in [-0.2, 0) is 24.3 Å². The molecule has 34 heavy (non-hydrogen) atoms. The molecule has 0 aliphatic heterocycles. The highest BCUT2D eigenvalue weighted by molar-refractivity contribution is 7.99. The molecule has 4 rings (SSSR count). The predicted molar refractivity (Wildman–Crippen MR) is 136 cm³/mol. The van der Waals surface area contributed by atoms with Crippen LogP contribution in [0.2, 0.25) is 5.02 Å². The van der Waals surface area contributed by atoms with E-state index >= 15 is 0 Å². The molecular weight excluding hydrogens is 470 g/mol. The summed E-state index contributed by atoms with van der Waals surface area (Å²) in [5.41, 5.74) is 2.27. The molecule has 9 heteroatoms. The molecule has 0 saturated heterocycles. The minimum Gasteiger partial charge on any atom is -0.354 e. The largest absolute Gasteiger partial charge is 0.354 e. The van der Waals surface area contributed by atoms with Crippen LogP contribution in [0.3, 0.4) is 0 Å². The van der Waals surface area contributed by atoms with Gasteiger partial charge in [-0.15, -0.1) is 11.8 Å². The van der Waals surface area contributed by atoms with Gasteiger partial charge in [0.15, 0.2) is 5.65 Å². The van der Waals surface area contributed by atoms with Gasteiger partial charge in [-0.05, 0) is 35.4 Å². The lowest BCUT2D eigenvalue weighted by molar-refractivity contribution is -0.120. The lowest BCUT2D eigenvalue weighted by Crippen LogP contribution is -2.29. The van der Waals surface area contributed by atoms with Crippen molar-refractivity contribution in [3.63, 3.8) is 0 Å². The molecule has 0 fully saturated rings. The van der Waals surface area contributed by atoms with Crippen molar-refractivity contribution in [1.82, 2.24) is 24.6 Å². The van der Waals surface area contributed by atoms with Gasteiger partial charge in [-0.2, -0.15) is 5.10 Å². The highest BCUT2D eigenvalue weighted by atomic mass is 35.5. The zero-order valence-electron chi connectivity index (χ0n) is 19.1. The van der Waals surface area contributed by atoms with E-state index in [-0.39, 0.29) is 11.5 Å². The Hall–Kier alpha value is -3.10. The van der Waals surface area contributed by atoms with E-state index in [0.29, 0.717) is 47.4 Å². The van der Waals surface area contributed by atoms with E-state index in [1.807, 2.05) is 24.3 Å². The first kappa shape index (κ1) is 24.0. The van der Waals surface area contributed by atoms with Crippen LogP contribution < -0.4 is 10.9 Å². The zero-order valence-corrected chi connectivity index (χ0v) is 20.6. The molecule has 2 heterocycles. The molecule has 0 aliphatic rings. The molecule has 0 atom stereocenters. The first-order valence-electron chi connectivity index (χ1n) is 11.1. The van der Waals surface area contributed by atoms with E-state index in [1.54, 1.807) is 33.1 Å². The Labute approximate surface area is 207 Å². The standard InChI is InChI=1S/C25H26ClN5O2S/c1-17(2)34-21-9-5-18(6-10-21)13-23(32)27-11-12-31-24-22(14-29-31)25(33)30(16-28-24)15-19-3-7-20(26)8-4-19/h3-10,14,16-17H,11-13,15H2,1-2H3,(H,27,32). The minimum absolute atomic E-state index is 0.0565. The molecule has 7 nitrogen and oxygen atoms in total. The summed E-state index contributed by atoms with van der Waals surface area (Å²) in [5.74, 6) is -0.0565. The number of carbonyl (C=O) groups excluding carboxylic acids is 1. The lowest BCUT2D eigenvalue weighted by Gasteiger charge is -2.08. The van der Waals surface area contributed by atoms with Gasteiger partial charge in [0, 0.05) is 21.7 Å². The van der Waals surface area contributed by atoms with Crippen LogP contribution in [0, 0.1) is 0 Å². The topological polar surface area (TPSA) is 81.8 Å². The van der Waals surface area contributed by atoms with E-state index in [2.05, 4.69) is 41.4 Å². The second-order valence-electron chi connectivity index (χ2n) is 8.25. The van der Waals surface area contributed by atoms with Gasteiger partial charge in [0.2, 0.25) is 5.91 Å². The van der Waals surface area contributed by atoms with E-state index in [9.17, 15) is 9.59 Å². The lowest BCUT2D eigenvalue weighted by atomic mass is 10.1. The first-order valence-corrected chi connectivity index (χ1v) is 12.3. The third-order valence-corrected chi connectivity index (χ3v) is 6.46. The molecule has 1 N–H and O–H groups in total. The third-order valence-electron chi connectivity index (χ3n) is 5.19. The van der Waals surface area contributed by atoms with Crippen LogP contribution in [0.4, 0.5) is 0 Å². The number of thioether (sulfide) groups is 1. The van der Waals surface area contributed by atoms with Crippen molar-refractivity contribution >= 4 is 40.3 Å².